The third-order valence-corrected chi connectivity index (χ3v) is 3.60. The molecule has 0 atom stereocenters. The van der Waals surface area contributed by atoms with Crippen LogP contribution in [-0.2, 0) is 4.79 Å². The number of aromatic nitrogens is 2. The van der Waals surface area contributed by atoms with Gasteiger partial charge in [0.2, 0.25) is 11.0 Å². The molecule has 0 aliphatic carbocycles. The van der Waals surface area contributed by atoms with Gasteiger partial charge in [-0.05, 0) is 18.2 Å². The van der Waals surface area contributed by atoms with E-state index in [1.165, 1.54) is 23.5 Å². The Morgan fingerprint density at radius 1 is 1.40 bits per heavy atom. The maximum Gasteiger partial charge on any atom is 0.245 e. The number of carbonyl (C=O) groups is 1. The Labute approximate surface area is 120 Å². The molecule has 20 heavy (non-hydrogen) atoms. The Hall–Kier alpha value is -2.02. The highest BCUT2D eigenvalue weighted by Gasteiger charge is 2.10. The van der Waals surface area contributed by atoms with E-state index >= 15 is 0 Å². The fraction of sp³-hybridized carbons (Fsp3) is 0.308. The molecule has 7 heteroatoms. The zero-order valence-corrected chi connectivity index (χ0v) is 12.0. The smallest absolute Gasteiger partial charge is 0.245 e. The summed E-state index contributed by atoms with van der Waals surface area (Å²) in [6.07, 6.45) is 0. The molecule has 2 aromatic rings. The normalized spacial score (nSPS) is 10.6. The van der Waals surface area contributed by atoms with Crippen molar-refractivity contribution in [3.05, 3.63) is 35.1 Å². The summed E-state index contributed by atoms with van der Waals surface area (Å²) in [7, 11) is 0. The number of hydrogen-bond acceptors (Lipinski definition) is 5. The van der Waals surface area contributed by atoms with Gasteiger partial charge in [0.05, 0.1) is 6.54 Å². The molecule has 0 bridgehead atoms. The number of nitrogens with one attached hydrogen (secondary N) is 2. The van der Waals surface area contributed by atoms with Gasteiger partial charge in [-0.3, -0.25) is 10.1 Å². The second kappa shape index (κ2) is 6.42. The third-order valence-electron chi connectivity index (χ3n) is 2.46. The quantitative estimate of drug-likeness (QED) is 0.890. The molecule has 2 rings (SSSR count). The van der Waals surface area contributed by atoms with Crippen LogP contribution in [0, 0.1) is 5.82 Å². The van der Waals surface area contributed by atoms with Gasteiger partial charge in [0.25, 0.3) is 0 Å². The largest absolute Gasteiger partial charge is 0.376 e. The molecule has 0 fully saturated rings. The second-order valence-electron chi connectivity index (χ2n) is 4.51. The molecule has 106 valence electrons. The van der Waals surface area contributed by atoms with E-state index < -0.39 is 0 Å². The molecule has 0 aliphatic rings. The van der Waals surface area contributed by atoms with Crippen molar-refractivity contribution in [3.63, 3.8) is 0 Å². The zero-order valence-electron chi connectivity index (χ0n) is 11.2. The molecule has 1 aromatic heterocycles. The topological polar surface area (TPSA) is 66.9 Å². The molecule has 0 radical (unpaired) electrons. The van der Waals surface area contributed by atoms with Crippen LogP contribution in [0.25, 0.3) is 0 Å². The molecule has 0 unspecified atom stereocenters. The minimum Gasteiger partial charge on any atom is -0.376 e. The molecule has 0 saturated heterocycles. The van der Waals surface area contributed by atoms with Crippen molar-refractivity contribution in [2.45, 2.75) is 19.8 Å². The Morgan fingerprint density at radius 3 is 2.85 bits per heavy atom. The van der Waals surface area contributed by atoms with Crippen LogP contribution in [0.15, 0.2) is 24.3 Å². The molecular formula is C13H15FN4OS. The van der Waals surface area contributed by atoms with Gasteiger partial charge in [0.1, 0.15) is 10.8 Å². The summed E-state index contributed by atoms with van der Waals surface area (Å²) in [5.74, 6) is -0.314. The maximum absolute atomic E-state index is 13.0. The van der Waals surface area contributed by atoms with Gasteiger partial charge >= 0.3 is 0 Å². The van der Waals surface area contributed by atoms with E-state index in [1.807, 2.05) is 13.8 Å². The predicted octanol–water partition coefficient (Wildman–Crippen LogP) is 2.85. The molecule has 1 amide bonds. The van der Waals surface area contributed by atoms with E-state index in [1.54, 1.807) is 12.1 Å². The molecule has 0 aliphatic heterocycles. The van der Waals surface area contributed by atoms with Crippen LogP contribution in [0.3, 0.4) is 0 Å². The highest BCUT2D eigenvalue weighted by Crippen LogP contribution is 2.22. The summed E-state index contributed by atoms with van der Waals surface area (Å²) in [6, 6.07) is 5.95. The van der Waals surface area contributed by atoms with E-state index in [2.05, 4.69) is 20.8 Å². The Morgan fingerprint density at radius 2 is 2.20 bits per heavy atom. The number of amides is 1. The van der Waals surface area contributed by atoms with Crippen LogP contribution >= 0.6 is 11.3 Å². The van der Waals surface area contributed by atoms with Gasteiger partial charge in [0, 0.05) is 11.6 Å². The lowest BCUT2D eigenvalue weighted by Crippen LogP contribution is -2.21. The van der Waals surface area contributed by atoms with Crippen LogP contribution < -0.4 is 10.6 Å². The van der Waals surface area contributed by atoms with E-state index in [9.17, 15) is 9.18 Å². The second-order valence-corrected chi connectivity index (χ2v) is 5.52. The van der Waals surface area contributed by atoms with Gasteiger partial charge < -0.3 is 5.32 Å². The highest BCUT2D eigenvalue weighted by molar-refractivity contribution is 7.15. The first-order valence-corrected chi connectivity index (χ1v) is 6.99. The van der Waals surface area contributed by atoms with Crippen LogP contribution in [-0.4, -0.2) is 22.6 Å². The zero-order chi connectivity index (χ0) is 14.5. The lowest BCUT2D eigenvalue weighted by Gasteiger charge is -2.05. The molecule has 0 saturated carbocycles. The van der Waals surface area contributed by atoms with Crippen LogP contribution in [0.4, 0.5) is 15.2 Å². The van der Waals surface area contributed by atoms with E-state index in [-0.39, 0.29) is 24.2 Å². The van der Waals surface area contributed by atoms with E-state index in [0.717, 1.165) is 5.01 Å². The molecule has 2 N–H and O–H groups in total. The van der Waals surface area contributed by atoms with E-state index in [4.69, 9.17) is 0 Å². The molecule has 0 spiro atoms. The van der Waals surface area contributed by atoms with Crippen molar-refractivity contribution < 1.29 is 9.18 Å². The first-order valence-electron chi connectivity index (χ1n) is 6.17. The Kier molecular flexibility index (Phi) is 4.62. The monoisotopic (exact) mass is 294 g/mol. The lowest BCUT2D eigenvalue weighted by atomic mass is 10.2. The number of hydrogen-bond donors (Lipinski definition) is 2. The summed E-state index contributed by atoms with van der Waals surface area (Å²) in [6.45, 7) is 4.06. The standard InChI is InChI=1S/C13H15FN4OS/c1-8(2)12-17-18-13(20-12)16-11(19)7-15-10-5-3-4-9(14)6-10/h3-6,8,15H,7H2,1-2H3,(H,16,18,19). The van der Waals surface area contributed by atoms with Gasteiger partial charge in [-0.25, -0.2) is 4.39 Å². The SMILES string of the molecule is CC(C)c1nnc(NC(=O)CNc2cccc(F)c2)s1. The number of halogens is 1. The number of nitrogens with zero attached hydrogens (tertiary/aromatic N) is 2. The van der Waals surface area contributed by atoms with Gasteiger partial charge in [0.15, 0.2) is 0 Å². The van der Waals surface area contributed by atoms with Crippen molar-refractivity contribution in [3.8, 4) is 0 Å². The fourth-order valence-corrected chi connectivity index (χ4v) is 2.22. The average molecular weight is 294 g/mol. The van der Waals surface area contributed by atoms with E-state index in [0.29, 0.717) is 10.8 Å². The minimum atomic E-state index is -0.346. The summed E-state index contributed by atoms with van der Waals surface area (Å²) in [5.41, 5.74) is 0.556. The summed E-state index contributed by atoms with van der Waals surface area (Å²) in [5, 5.41) is 14.7. The van der Waals surface area contributed by atoms with Crippen molar-refractivity contribution in [2.75, 3.05) is 17.2 Å². The molecular weight excluding hydrogens is 279 g/mol. The third kappa shape index (κ3) is 3.99. The van der Waals surface area contributed by atoms with Gasteiger partial charge in [-0.15, -0.1) is 10.2 Å². The summed E-state index contributed by atoms with van der Waals surface area (Å²) < 4.78 is 13.0. The Balaban J connectivity index is 1.86. The minimum absolute atomic E-state index is 0.0417. The van der Waals surface area contributed by atoms with Crippen molar-refractivity contribution in [1.82, 2.24) is 10.2 Å². The lowest BCUT2D eigenvalue weighted by molar-refractivity contribution is -0.114. The fourth-order valence-electron chi connectivity index (χ4n) is 1.46. The number of anilines is 2. The molecule has 1 heterocycles. The van der Waals surface area contributed by atoms with Gasteiger partial charge in [-0.1, -0.05) is 31.3 Å². The number of benzene rings is 1. The molecule has 5 nitrogen and oxygen atoms in total. The first-order chi connectivity index (χ1) is 9.54. The van der Waals surface area contributed by atoms with Crippen molar-refractivity contribution in [1.29, 1.82) is 0 Å². The van der Waals surface area contributed by atoms with Gasteiger partial charge in [-0.2, -0.15) is 0 Å². The maximum atomic E-state index is 13.0. The Bertz CT molecular complexity index is 600. The highest BCUT2D eigenvalue weighted by atomic mass is 32.1. The number of carbonyl (C=O) groups excluding carboxylic acids is 1. The number of rotatable bonds is 5. The average Bonchev–Trinajstić information content (AvgIpc) is 2.85. The summed E-state index contributed by atoms with van der Waals surface area (Å²) >= 11 is 1.35. The van der Waals surface area contributed by atoms with Crippen molar-refractivity contribution in [2.24, 2.45) is 0 Å². The van der Waals surface area contributed by atoms with Crippen LogP contribution in [0.2, 0.25) is 0 Å². The summed E-state index contributed by atoms with van der Waals surface area (Å²) in [4.78, 5) is 11.7. The van der Waals surface area contributed by atoms with Crippen LogP contribution in [0.5, 0.6) is 0 Å². The molecule has 1 aromatic carbocycles. The first kappa shape index (κ1) is 14.4. The van der Waals surface area contributed by atoms with Crippen LogP contribution in [0.1, 0.15) is 24.8 Å². The van der Waals surface area contributed by atoms with Crippen molar-refractivity contribution >= 4 is 28.1 Å². The predicted molar refractivity (Wildman–Crippen MR) is 77.5 cm³/mol.